The zero-order valence-electron chi connectivity index (χ0n) is 14.8. The van der Waals surface area contributed by atoms with Crippen LogP contribution < -0.4 is 0 Å². The first-order valence-electron chi connectivity index (χ1n) is 8.99. The third-order valence-corrected chi connectivity index (χ3v) is 7.05. The second-order valence-corrected chi connectivity index (χ2v) is 9.04. The van der Waals surface area contributed by atoms with E-state index in [1.165, 1.54) is 0 Å². The number of aliphatic hydroxyl groups is 1. The van der Waals surface area contributed by atoms with Gasteiger partial charge in [-0.15, -0.1) is 0 Å². The molecule has 1 N–H and O–H groups in total. The fourth-order valence-corrected chi connectivity index (χ4v) is 5.09. The van der Waals surface area contributed by atoms with Crippen molar-refractivity contribution in [3.05, 3.63) is 22.8 Å². The summed E-state index contributed by atoms with van der Waals surface area (Å²) in [6.45, 7) is 10.7. The third-order valence-electron chi connectivity index (χ3n) is 7.05. The van der Waals surface area contributed by atoms with Crippen LogP contribution in [0.25, 0.3) is 0 Å². The van der Waals surface area contributed by atoms with Crippen LogP contribution in [0.2, 0.25) is 0 Å². The molecule has 1 aliphatic heterocycles. The number of hydrogen-bond acceptors (Lipinski definition) is 3. The number of Topliss-reactive ketones (excluding diaryl/α,β-unsaturated/α-hetero) is 1. The Kier molecular flexibility index (Phi) is 3.10. The van der Waals surface area contributed by atoms with E-state index in [1.807, 2.05) is 13.8 Å². The Labute approximate surface area is 138 Å². The highest BCUT2D eigenvalue weighted by Crippen LogP contribution is 2.63. The molecule has 0 spiro atoms. The summed E-state index contributed by atoms with van der Waals surface area (Å²) in [6.07, 6.45) is 4.44. The number of carbonyl (C=O) groups excluding carboxylic acids is 1. The molecule has 1 unspecified atom stereocenters. The van der Waals surface area contributed by atoms with Gasteiger partial charge in [-0.2, -0.15) is 0 Å². The molecule has 3 heteroatoms. The summed E-state index contributed by atoms with van der Waals surface area (Å²) in [7, 11) is 0. The Morgan fingerprint density at radius 2 is 2.00 bits per heavy atom. The summed E-state index contributed by atoms with van der Waals surface area (Å²) >= 11 is 0. The maximum atomic E-state index is 13.0. The van der Waals surface area contributed by atoms with Crippen molar-refractivity contribution in [3.63, 3.8) is 0 Å². The molecule has 2 fully saturated rings. The molecule has 0 aromatic carbocycles. The molecule has 4 rings (SSSR count). The number of fused-ring (bicyclic) bond motifs is 3. The fraction of sp³-hybridized carbons (Fsp3) is 0.750. The lowest BCUT2D eigenvalue weighted by molar-refractivity contribution is -0.112. The molecular weight excluding hydrogens is 288 g/mol. The molecule has 126 valence electrons. The van der Waals surface area contributed by atoms with Crippen molar-refractivity contribution in [2.24, 2.45) is 23.2 Å². The predicted octanol–water partition coefficient (Wildman–Crippen LogP) is 3.42. The molecule has 23 heavy (non-hydrogen) atoms. The number of rotatable bonds is 0. The Hall–Kier alpha value is -0.930. The van der Waals surface area contributed by atoms with E-state index >= 15 is 0 Å². The molecule has 1 heterocycles. The highest BCUT2D eigenvalue weighted by Gasteiger charge is 2.61. The molecular formula is C20H28O3. The van der Waals surface area contributed by atoms with Gasteiger partial charge in [0.05, 0.1) is 11.7 Å². The van der Waals surface area contributed by atoms with E-state index in [0.717, 1.165) is 29.6 Å². The molecule has 0 amide bonds. The van der Waals surface area contributed by atoms with Gasteiger partial charge in [-0.25, -0.2) is 0 Å². The topological polar surface area (TPSA) is 49.8 Å². The summed E-state index contributed by atoms with van der Waals surface area (Å²) in [6, 6.07) is 0. The van der Waals surface area contributed by atoms with Gasteiger partial charge in [0.2, 0.25) is 0 Å². The van der Waals surface area contributed by atoms with Gasteiger partial charge >= 0.3 is 0 Å². The van der Waals surface area contributed by atoms with Crippen molar-refractivity contribution < 1.29 is 14.6 Å². The van der Waals surface area contributed by atoms with Crippen molar-refractivity contribution in [2.45, 2.75) is 71.7 Å². The molecule has 0 aromatic rings. The van der Waals surface area contributed by atoms with Crippen molar-refractivity contribution in [1.82, 2.24) is 0 Å². The number of hydrogen-bond donors (Lipinski definition) is 1. The number of ketones is 1. The minimum atomic E-state index is -0.527. The van der Waals surface area contributed by atoms with E-state index in [4.69, 9.17) is 4.74 Å². The van der Waals surface area contributed by atoms with Gasteiger partial charge in [-0.3, -0.25) is 4.79 Å². The minimum absolute atomic E-state index is 0.0624. The number of carbonyl (C=O) groups is 1. The van der Waals surface area contributed by atoms with Crippen LogP contribution in [0, 0.1) is 23.2 Å². The highest BCUT2D eigenvalue weighted by molar-refractivity contribution is 6.09. The van der Waals surface area contributed by atoms with Gasteiger partial charge in [0.15, 0.2) is 5.78 Å². The van der Waals surface area contributed by atoms with E-state index in [9.17, 15) is 9.90 Å². The zero-order valence-corrected chi connectivity index (χ0v) is 14.8. The number of allylic oxidation sites excluding steroid dienone is 3. The van der Waals surface area contributed by atoms with Crippen molar-refractivity contribution in [2.75, 3.05) is 0 Å². The monoisotopic (exact) mass is 316 g/mol. The molecule has 0 bridgehead atoms. The van der Waals surface area contributed by atoms with Crippen molar-refractivity contribution >= 4 is 5.78 Å². The Bertz CT molecular complexity index is 641. The zero-order chi connectivity index (χ0) is 16.7. The quantitative estimate of drug-likeness (QED) is 0.697. The van der Waals surface area contributed by atoms with Gasteiger partial charge in [0.1, 0.15) is 6.10 Å². The average molecular weight is 316 g/mol. The average Bonchev–Trinajstić information content (AvgIpc) is 3.23. The van der Waals surface area contributed by atoms with Crippen LogP contribution in [-0.4, -0.2) is 28.7 Å². The maximum absolute atomic E-state index is 13.0. The second kappa shape index (κ2) is 4.58. The van der Waals surface area contributed by atoms with Gasteiger partial charge < -0.3 is 9.84 Å². The molecule has 4 aliphatic rings. The summed E-state index contributed by atoms with van der Waals surface area (Å²) in [5.74, 6) is 1.38. The van der Waals surface area contributed by atoms with E-state index in [1.54, 1.807) is 0 Å². The van der Waals surface area contributed by atoms with Gasteiger partial charge in [-0.1, -0.05) is 26.8 Å². The van der Waals surface area contributed by atoms with Crippen LogP contribution in [0.3, 0.4) is 0 Å². The van der Waals surface area contributed by atoms with E-state index < -0.39 is 6.10 Å². The summed E-state index contributed by atoms with van der Waals surface area (Å²) in [4.78, 5) is 13.0. The van der Waals surface area contributed by atoms with E-state index in [2.05, 4.69) is 26.8 Å². The van der Waals surface area contributed by atoms with E-state index in [0.29, 0.717) is 23.7 Å². The van der Waals surface area contributed by atoms with Crippen LogP contribution in [0.15, 0.2) is 22.8 Å². The maximum Gasteiger partial charge on any atom is 0.184 e. The third kappa shape index (κ3) is 2.12. The lowest BCUT2D eigenvalue weighted by atomic mass is 9.90. The predicted molar refractivity (Wildman–Crippen MR) is 88.9 cm³/mol. The van der Waals surface area contributed by atoms with Crippen LogP contribution in [-0.2, 0) is 9.53 Å². The summed E-state index contributed by atoms with van der Waals surface area (Å²) < 4.78 is 6.04. The van der Waals surface area contributed by atoms with Gasteiger partial charge in [0.25, 0.3) is 0 Å². The van der Waals surface area contributed by atoms with Gasteiger partial charge in [0, 0.05) is 5.57 Å². The van der Waals surface area contributed by atoms with Crippen LogP contribution in [0.5, 0.6) is 0 Å². The largest absolute Gasteiger partial charge is 0.388 e. The number of ether oxygens (including phenoxy) is 1. The summed E-state index contributed by atoms with van der Waals surface area (Å²) in [5.41, 5.74) is 2.66. The molecule has 1 saturated carbocycles. The van der Waals surface area contributed by atoms with E-state index in [-0.39, 0.29) is 23.4 Å². The van der Waals surface area contributed by atoms with Crippen LogP contribution in [0.4, 0.5) is 0 Å². The van der Waals surface area contributed by atoms with Crippen LogP contribution in [0.1, 0.15) is 53.9 Å². The SMILES string of the molecule is C/C1=C\[C@@H]2[C@H](CC[C@@]3(C)OC3C3=C(C[C@H](C)[C@@H]3O)C1=O)C2(C)C. The normalized spacial score (nSPS) is 50.3. The van der Waals surface area contributed by atoms with Crippen molar-refractivity contribution in [3.8, 4) is 0 Å². The number of aliphatic hydroxyl groups excluding tert-OH is 1. The van der Waals surface area contributed by atoms with Crippen molar-refractivity contribution in [1.29, 1.82) is 0 Å². The standard InChI is InChI=1S/C20H28O3/c1-10-8-12-15(17(10)22)18-20(5,23-18)7-6-13-14(19(13,3)4)9-11(2)16(12)21/h9-10,13-14,17-18,22H,6-8H2,1-5H3/b11-9+/t10-,13-,14+,17-,18?,20+/m0/s1. The lowest BCUT2D eigenvalue weighted by Crippen LogP contribution is -2.22. The first kappa shape index (κ1) is 15.6. The molecule has 1 saturated heterocycles. The number of epoxide rings is 1. The first-order chi connectivity index (χ1) is 10.7. The molecule has 3 nitrogen and oxygen atoms in total. The van der Waals surface area contributed by atoms with Gasteiger partial charge in [-0.05, 0) is 67.4 Å². The second-order valence-electron chi connectivity index (χ2n) is 9.04. The molecule has 0 radical (unpaired) electrons. The Morgan fingerprint density at radius 1 is 1.30 bits per heavy atom. The highest BCUT2D eigenvalue weighted by atomic mass is 16.6. The molecule has 3 aliphatic carbocycles. The molecule has 6 atom stereocenters. The summed E-state index contributed by atoms with van der Waals surface area (Å²) in [5, 5.41) is 10.6. The Balaban J connectivity index is 1.77. The van der Waals surface area contributed by atoms with Crippen LogP contribution >= 0.6 is 0 Å². The smallest absolute Gasteiger partial charge is 0.184 e. The first-order valence-corrected chi connectivity index (χ1v) is 8.99. The fourth-order valence-electron chi connectivity index (χ4n) is 5.09. The minimum Gasteiger partial charge on any atom is -0.388 e. The molecule has 0 aromatic heterocycles. The lowest BCUT2D eigenvalue weighted by Gasteiger charge is -2.14. The Morgan fingerprint density at radius 3 is 2.70 bits per heavy atom.